The zero-order valence-corrected chi connectivity index (χ0v) is 10.1. The van der Waals surface area contributed by atoms with Gasteiger partial charge in [0.15, 0.2) is 12.0 Å². The third-order valence-corrected chi connectivity index (χ3v) is 3.34. The maximum atomic E-state index is 10.5. The highest BCUT2D eigenvalue weighted by atomic mass is 35.5. The van der Waals surface area contributed by atoms with E-state index in [0.717, 1.165) is 0 Å². The minimum Gasteiger partial charge on any atom is -0.453 e. The van der Waals surface area contributed by atoms with Crippen molar-refractivity contribution in [1.82, 2.24) is 0 Å². The van der Waals surface area contributed by atoms with Crippen molar-refractivity contribution in [1.29, 1.82) is 0 Å². The number of halogens is 3. The lowest BCUT2D eigenvalue weighted by atomic mass is 10.2. The molecule has 0 unspecified atom stereocenters. The maximum absolute atomic E-state index is 10.5. The van der Waals surface area contributed by atoms with Gasteiger partial charge in [-0.15, -0.1) is 0 Å². The molecule has 1 aromatic carbocycles. The van der Waals surface area contributed by atoms with Crippen molar-refractivity contribution in [3.8, 4) is 11.3 Å². The summed E-state index contributed by atoms with van der Waals surface area (Å²) in [6.45, 7) is 0. The summed E-state index contributed by atoms with van der Waals surface area (Å²) in [6.07, 6.45) is 0.620. The van der Waals surface area contributed by atoms with Gasteiger partial charge in [0.25, 0.3) is 0 Å². The van der Waals surface area contributed by atoms with E-state index in [1.165, 1.54) is 0 Å². The minimum atomic E-state index is 0.233. The standard InChI is InChI=1S/C11H5Cl3O2/c12-8-3-2-7(10(13)11(8)14)9-4-1-6(5-15)16-9/h1-5H. The molecule has 2 rings (SSSR count). The van der Waals surface area contributed by atoms with E-state index in [4.69, 9.17) is 39.2 Å². The van der Waals surface area contributed by atoms with Crippen LogP contribution in [-0.4, -0.2) is 6.29 Å². The van der Waals surface area contributed by atoms with E-state index in [0.29, 0.717) is 27.7 Å². The molecule has 0 bridgehead atoms. The van der Waals surface area contributed by atoms with Crippen molar-refractivity contribution in [3.05, 3.63) is 45.1 Å². The van der Waals surface area contributed by atoms with Gasteiger partial charge in [0.1, 0.15) is 5.76 Å². The SMILES string of the molecule is O=Cc1ccc(-c2ccc(Cl)c(Cl)c2Cl)o1. The van der Waals surface area contributed by atoms with Gasteiger partial charge in [0.2, 0.25) is 0 Å². The summed E-state index contributed by atoms with van der Waals surface area (Å²) in [5, 5.41) is 0.948. The minimum absolute atomic E-state index is 0.233. The number of hydrogen-bond acceptors (Lipinski definition) is 2. The van der Waals surface area contributed by atoms with E-state index in [2.05, 4.69) is 0 Å². The quantitative estimate of drug-likeness (QED) is 0.586. The lowest BCUT2D eigenvalue weighted by Crippen LogP contribution is -1.79. The number of furan rings is 1. The van der Waals surface area contributed by atoms with Crippen molar-refractivity contribution in [2.24, 2.45) is 0 Å². The Kier molecular flexibility index (Phi) is 3.24. The molecule has 0 aliphatic heterocycles. The summed E-state index contributed by atoms with van der Waals surface area (Å²) in [5.41, 5.74) is 0.601. The summed E-state index contributed by atoms with van der Waals surface area (Å²) >= 11 is 17.7. The lowest BCUT2D eigenvalue weighted by Gasteiger charge is -2.04. The normalized spacial score (nSPS) is 10.4. The summed E-state index contributed by atoms with van der Waals surface area (Å²) in [4.78, 5) is 10.5. The first-order valence-corrected chi connectivity index (χ1v) is 5.45. The van der Waals surface area contributed by atoms with Crippen molar-refractivity contribution < 1.29 is 9.21 Å². The molecule has 2 nitrogen and oxygen atoms in total. The van der Waals surface area contributed by atoms with Crippen LogP contribution in [0.25, 0.3) is 11.3 Å². The molecule has 0 saturated carbocycles. The molecule has 2 aromatic rings. The molecule has 0 amide bonds. The van der Waals surface area contributed by atoms with Crippen molar-refractivity contribution in [2.75, 3.05) is 0 Å². The Morgan fingerprint density at radius 1 is 1.00 bits per heavy atom. The molecule has 0 saturated heterocycles. The van der Waals surface area contributed by atoms with E-state index in [1.54, 1.807) is 24.3 Å². The van der Waals surface area contributed by atoms with Gasteiger partial charge in [0.05, 0.1) is 15.1 Å². The first kappa shape index (κ1) is 11.5. The number of carbonyl (C=O) groups excluding carboxylic acids is 1. The van der Waals surface area contributed by atoms with Crippen LogP contribution in [0, 0.1) is 0 Å². The van der Waals surface area contributed by atoms with Gasteiger partial charge in [-0.1, -0.05) is 34.8 Å². The van der Waals surface area contributed by atoms with Crippen LogP contribution in [0.3, 0.4) is 0 Å². The smallest absolute Gasteiger partial charge is 0.185 e. The zero-order valence-electron chi connectivity index (χ0n) is 7.84. The molecule has 0 atom stereocenters. The first-order chi connectivity index (χ1) is 7.63. The first-order valence-electron chi connectivity index (χ1n) is 4.32. The summed E-state index contributed by atoms with van der Waals surface area (Å²) < 4.78 is 5.24. The predicted octanol–water partition coefficient (Wildman–Crippen LogP) is 4.72. The molecule has 0 N–H and O–H groups in total. The average Bonchev–Trinajstić information content (AvgIpc) is 2.74. The third kappa shape index (κ3) is 1.96. The molecule has 82 valence electrons. The van der Waals surface area contributed by atoms with Crippen molar-refractivity contribution >= 4 is 41.1 Å². The van der Waals surface area contributed by atoms with Crippen LogP contribution >= 0.6 is 34.8 Å². The van der Waals surface area contributed by atoms with Crippen molar-refractivity contribution in [2.45, 2.75) is 0 Å². The van der Waals surface area contributed by atoms with Crippen LogP contribution in [0.2, 0.25) is 15.1 Å². The van der Waals surface area contributed by atoms with Crippen LogP contribution in [0.5, 0.6) is 0 Å². The topological polar surface area (TPSA) is 30.2 Å². The molecular weight excluding hydrogens is 270 g/mol. The maximum Gasteiger partial charge on any atom is 0.185 e. The molecule has 0 radical (unpaired) electrons. The number of aldehydes is 1. The van der Waals surface area contributed by atoms with E-state index in [1.807, 2.05) is 0 Å². The second kappa shape index (κ2) is 4.50. The molecular formula is C11H5Cl3O2. The number of hydrogen-bond donors (Lipinski definition) is 0. The molecule has 5 heteroatoms. The number of benzene rings is 1. The molecule has 1 heterocycles. The van der Waals surface area contributed by atoms with Gasteiger partial charge in [-0.25, -0.2) is 0 Å². The van der Waals surface area contributed by atoms with Crippen LogP contribution in [0.1, 0.15) is 10.6 Å². The summed E-state index contributed by atoms with van der Waals surface area (Å²) in [7, 11) is 0. The fraction of sp³-hybridized carbons (Fsp3) is 0. The van der Waals surface area contributed by atoms with E-state index in [9.17, 15) is 4.79 Å². The Morgan fingerprint density at radius 3 is 2.38 bits per heavy atom. The molecule has 0 spiro atoms. The number of carbonyl (C=O) groups is 1. The fourth-order valence-electron chi connectivity index (χ4n) is 1.28. The molecule has 1 aromatic heterocycles. The molecule has 0 aliphatic rings. The summed E-state index contributed by atoms with van der Waals surface area (Å²) in [5.74, 6) is 0.711. The van der Waals surface area contributed by atoms with Gasteiger partial charge >= 0.3 is 0 Å². The second-order valence-corrected chi connectivity index (χ2v) is 4.21. The second-order valence-electron chi connectivity index (χ2n) is 3.04. The van der Waals surface area contributed by atoms with E-state index < -0.39 is 0 Å². The van der Waals surface area contributed by atoms with Gasteiger partial charge in [-0.2, -0.15) is 0 Å². The Labute approximate surface area is 107 Å². The Morgan fingerprint density at radius 2 is 1.75 bits per heavy atom. The zero-order chi connectivity index (χ0) is 11.7. The Bertz CT molecular complexity index is 546. The Hall–Kier alpha value is -0.960. The summed E-state index contributed by atoms with van der Waals surface area (Å²) in [6, 6.07) is 6.51. The lowest BCUT2D eigenvalue weighted by molar-refractivity contribution is 0.110. The van der Waals surface area contributed by atoms with Gasteiger partial charge in [-0.3, -0.25) is 4.79 Å². The Balaban J connectivity index is 2.56. The molecule has 0 aliphatic carbocycles. The van der Waals surface area contributed by atoms with Crippen molar-refractivity contribution in [3.63, 3.8) is 0 Å². The van der Waals surface area contributed by atoms with Crippen LogP contribution in [-0.2, 0) is 0 Å². The molecule has 0 fully saturated rings. The van der Waals surface area contributed by atoms with Crippen LogP contribution in [0.4, 0.5) is 0 Å². The highest BCUT2D eigenvalue weighted by Gasteiger charge is 2.13. The fourth-order valence-corrected chi connectivity index (χ4v) is 1.91. The van der Waals surface area contributed by atoms with E-state index >= 15 is 0 Å². The highest BCUT2D eigenvalue weighted by molar-refractivity contribution is 6.49. The third-order valence-electron chi connectivity index (χ3n) is 2.04. The highest BCUT2D eigenvalue weighted by Crippen LogP contribution is 2.38. The monoisotopic (exact) mass is 274 g/mol. The van der Waals surface area contributed by atoms with Gasteiger partial charge < -0.3 is 4.42 Å². The van der Waals surface area contributed by atoms with Gasteiger partial charge in [-0.05, 0) is 24.3 Å². The van der Waals surface area contributed by atoms with Crippen LogP contribution < -0.4 is 0 Å². The van der Waals surface area contributed by atoms with E-state index in [-0.39, 0.29) is 10.8 Å². The van der Waals surface area contributed by atoms with Crippen LogP contribution in [0.15, 0.2) is 28.7 Å². The predicted molar refractivity (Wildman–Crippen MR) is 64.6 cm³/mol. The van der Waals surface area contributed by atoms with Gasteiger partial charge in [0, 0.05) is 5.56 Å². The number of rotatable bonds is 2. The largest absolute Gasteiger partial charge is 0.453 e. The average molecular weight is 276 g/mol. The molecule has 16 heavy (non-hydrogen) atoms.